The van der Waals surface area contributed by atoms with Gasteiger partial charge in [0, 0.05) is 38.8 Å². The van der Waals surface area contributed by atoms with Crippen LogP contribution in [0, 0.1) is 0 Å². The number of likely N-dealkylation sites (N-methyl/N-ethyl adjacent to an activating group) is 1. The third kappa shape index (κ3) is 4.17. The molecule has 2 fully saturated rings. The fraction of sp³-hybridized carbons (Fsp3) is 0.867. The predicted octanol–water partition coefficient (Wildman–Crippen LogP) is 0.176. The van der Waals surface area contributed by atoms with Crippen LogP contribution in [-0.2, 0) is 14.3 Å². The standard InChI is InChI=1S/C15H27N3O3/c1-4-16-5-6-18(11-15(16)20)14(19)9-13-10-17(12(2)3)7-8-21-13/h12-13H,4-11H2,1-3H3/t13-/m0/s1. The summed E-state index contributed by atoms with van der Waals surface area (Å²) in [5, 5.41) is 0. The molecule has 0 N–H and O–H groups in total. The Hall–Kier alpha value is -1.14. The first-order valence-electron chi connectivity index (χ1n) is 7.92. The number of carbonyl (C=O) groups is 2. The highest BCUT2D eigenvalue weighted by Gasteiger charge is 2.30. The summed E-state index contributed by atoms with van der Waals surface area (Å²) in [5.41, 5.74) is 0. The molecule has 2 rings (SSSR count). The van der Waals surface area contributed by atoms with Crippen LogP contribution in [0.4, 0.5) is 0 Å². The van der Waals surface area contributed by atoms with Crippen molar-refractivity contribution in [2.45, 2.75) is 39.3 Å². The summed E-state index contributed by atoms with van der Waals surface area (Å²) in [6.07, 6.45) is 0.329. The van der Waals surface area contributed by atoms with E-state index in [9.17, 15) is 9.59 Å². The van der Waals surface area contributed by atoms with Gasteiger partial charge in [0.25, 0.3) is 0 Å². The van der Waals surface area contributed by atoms with Gasteiger partial charge in [-0.05, 0) is 20.8 Å². The maximum atomic E-state index is 12.3. The molecule has 2 amide bonds. The van der Waals surface area contributed by atoms with Crippen molar-refractivity contribution in [3.8, 4) is 0 Å². The van der Waals surface area contributed by atoms with Crippen LogP contribution in [0.25, 0.3) is 0 Å². The molecule has 2 aliphatic rings. The molecule has 0 aliphatic carbocycles. The lowest BCUT2D eigenvalue weighted by Gasteiger charge is -2.37. The van der Waals surface area contributed by atoms with Crippen LogP contribution in [-0.4, -0.2) is 84.5 Å². The Morgan fingerprint density at radius 3 is 2.71 bits per heavy atom. The minimum Gasteiger partial charge on any atom is -0.375 e. The van der Waals surface area contributed by atoms with Crippen LogP contribution in [0.2, 0.25) is 0 Å². The van der Waals surface area contributed by atoms with E-state index in [1.165, 1.54) is 0 Å². The maximum Gasteiger partial charge on any atom is 0.242 e. The second kappa shape index (κ2) is 7.22. The number of nitrogens with zero attached hydrogens (tertiary/aromatic N) is 3. The number of morpholine rings is 1. The highest BCUT2D eigenvalue weighted by atomic mass is 16.5. The Morgan fingerprint density at radius 1 is 1.33 bits per heavy atom. The summed E-state index contributed by atoms with van der Waals surface area (Å²) in [6.45, 7) is 10.9. The lowest BCUT2D eigenvalue weighted by Crippen LogP contribution is -2.53. The van der Waals surface area contributed by atoms with Crippen molar-refractivity contribution >= 4 is 11.8 Å². The van der Waals surface area contributed by atoms with E-state index in [4.69, 9.17) is 4.74 Å². The summed E-state index contributed by atoms with van der Waals surface area (Å²) in [5.74, 6) is 0.0835. The monoisotopic (exact) mass is 297 g/mol. The molecule has 0 radical (unpaired) electrons. The zero-order valence-electron chi connectivity index (χ0n) is 13.4. The van der Waals surface area contributed by atoms with Crippen molar-refractivity contribution < 1.29 is 14.3 Å². The van der Waals surface area contributed by atoms with Gasteiger partial charge in [0.2, 0.25) is 11.8 Å². The SMILES string of the molecule is CCN1CCN(C(=O)C[C@H]2CN(C(C)C)CCO2)CC1=O. The molecule has 1 atom stereocenters. The van der Waals surface area contributed by atoms with E-state index in [0.717, 1.165) is 19.6 Å². The van der Waals surface area contributed by atoms with Crippen molar-refractivity contribution in [3.63, 3.8) is 0 Å². The van der Waals surface area contributed by atoms with Crippen LogP contribution < -0.4 is 0 Å². The van der Waals surface area contributed by atoms with Crippen LogP contribution in [0.5, 0.6) is 0 Å². The average Bonchev–Trinajstić information content (AvgIpc) is 2.47. The van der Waals surface area contributed by atoms with Crippen molar-refractivity contribution in [2.24, 2.45) is 0 Å². The highest BCUT2D eigenvalue weighted by Crippen LogP contribution is 2.14. The van der Waals surface area contributed by atoms with Gasteiger partial charge in [-0.15, -0.1) is 0 Å². The number of hydrogen-bond acceptors (Lipinski definition) is 4. The van der Waals surface area contributed by atoms with Crippen molar-refractivity contribution in [1.82, 2.24) is 14.7 Å². The van der Waals surface area contributed by atoms with Crippen molar-refractivity contribution in [3.05, 3.63) is 0 Å². The Morgan fingerprint density at radius 2 is 2.10 bits per heavy atom. The van der Waals surface area contributed by atoms with Gasteiger partial charge in [0.15, 0.2) is 0 Å². The molecule has 0 aromatic heterocycles. The number of ether oxygens (including phenoxy) is 1. The average molecular weight is 297 g/mol. The van der Waals surface area contributed by atoms with Gasteiger partial charge in [-0.1, -0.05) is 0 Å². The topological polar surface area (TPSA) is 53.1 Å². The van der Waals surface area contributed by atoms with Crippen molar-refractivity contribution in [1.29, 1.82) is 0 Å². The van der Waals surface area contributed by atoms with Gasteiger partial charge in [-0.25, -0.2) is 0 Å². The first kappa shape index (κ1) is 16.2. The first-order valence-corrected chi connectivity index (χ1v) is 7.92. The molecular weight excluding hydrogens is 270 g/mol. The van der Waals surface area contributed by atoms with Crippen LogP contribution in [0.3, 0.4) is 0 Å². The quantitative estimate of drug-likeness (QED) is 0.743. The van der Waals surface area contributed by atoms with Gasteiger partial charge in [-0.3, -0.25) is 14.5 Å². The van der Waals surface area contributed by atoms with Gasteiger partial charge < -0.3 is 14.5 Å². The third-order valence-electron chi connectivity index (χ3n) is 4.36. The molecule has 2 aliphatic heterocycles. The summed E-state index contributed by atoms with van der Waals surface area (Å²) < 4.78 is 5.70. The normalized spacial score (nSPS) is 24.8. The molecule has 2 heterocycles. The molecule has 0 unspecified atom stereocenters. The summed E-state index contributed by atoms with van der Waals surface area (Å²) >= 11 is 0. The smallest absolute Gasteiger partial charge is 0.242 e. The highest BCUT2D eigenvalue weighted by molar-refractivity contribution is 5.86. The Balaban J connectivity index is 1.83. The molecular formula is C15H27N3O3. The minimum absolute atomic E-state index is 0.0368. The van der Waals surface area contributed by atoms with E-state index in [1.807, 2.05) is 6.92 Å². The van der Waals surface area contributed by atoms with E-state index in [2.05, 4.69) is 18.7 Å². The van der Waals surface area contributed by atoms with Gasteiger partial charge in [0.1, 0.15) is 0 Å². The second-order valence-electron chi connectivity index (χ2n) is 6.07. The Kier molecular flexibility index (Phi) is 5.58. The summed E-state index contributed by atoms with van der Waals surface area (Å²) in [7, 11) is 0. The number of piperazine rings is 1. The Labute approximate surface area is 127 Å². The number of amides is 2. The second-order valence-corrected chi connectivity index (χ2v) is 6.07. The van der Waals surface area contributed by atoms with E-state index in [1.54, 1.807) is 9.80 Å². The molecule has 0 saturated carbocycles. The lowest BCUT2D eigenvalue weighted by atomic mass is 10.1. The van der Waals surface area contributed by atoms with E-state index >= 15 is 0 Å². The molecule has 0 aromatic carbocycles. The molecule has 0 spiro atoms. The number of hydrogen-bond donors (Lipinski definition) is 0. The molecule has 0 bridgehead atoms. The first-order chi connectivity index (χ1) is 10.0. The molecule has 120 valence electrons. The van der Waals surface area contributed by atoms with Crippen LogP contribution >= 0.6 is 0 Å². The summed E-state index contributed by atoms with van der Waals surface area (Å²) in [4.78, 5) is 30.0. The molecule has 6 heteroatoms. The fourth-order valence-corrected chi connectivity index (χ4v) is 2.91. The third-order valence-corrected chi connectivity index (χ3v) is 4.36. The zero-order valence-corrected chi connectivity index (χ0v) is 13.4. The van der Waals surface area contributed by atoms with E-state index < -0.39 is 0 Å². The van der Waals surface area contributed by atoms with Gasteiger partial charge >= 0.3 is 0 Å². The maximum absolute atomic E-state index is 12.3. The van der Waals surface area contributed by atoms with E-state index in [-0.39, 0.29) is 24.5 Å². The largest absolute Gasteiger partial charge is 0.375 e. The molecule has 21 heavy (non-hydrogen) atoms. The Bertz CT molecular complexity index is 386. The summed E-state index contributed by atoms with van der Waals surface area (Å²) in [6, 6.07) is 0.473. The minimum atomic E-state index is -0.0482. The van der Waals surface area contributed by atoms with Gasteiger partial charge in [0.05, 0.1) is 25.7 Å². The molecule has 6 nitrogen and oxygen atoms in total. The van der Waals surface area contributed by atoms with Crippen molar-refractivity contribution in [2.75, 3.05) is 45.9 Å². The fourth-order valence-electron chi connectivity index (χ4n) is 2.91. The number of carbonyl (C=O) groups excluding carboxylic acids is 2. The van der Waals surface area contributed by atoms with E-state index in [0.29, 0.717) is 32.2 Å². The lowest BCUT2D eigenvalue weighted by molar-refractivity contribution is -0.147. The van der Waals surface area contributed by atoms with Crippen LogP contribution in [0.15, 0.2) is 0 Å². The number of rotatable bonds is 4. The zero-order chi connectivity index (χ0) is 15.4. The molecule has 0 aromatic rings. The molecule has 2 saturated heterocycles. The predicted molar refractivity (Wildman–Crippen MR) is 79.9 cm³/mol. The van der Waals surface area contributed by atoms with Gasteiger partial charge in [-0.2, -0.15) is 0 Å². The van der Waals surface area contributed by atoms with Crippen LogP contribution in [0.1, 0.15) is 27.2 Å².